The first kappa shape index (κ1) is 15.5. The zero-order valence-corrected chi connectivity index (χ0v) is 13.3. The number of anilines is 1. The van der Waals surface area contributed by atoms with Gasteiger partial charge in [-0.05, 0) is 25.5 Å². The number of nitrogens with one attached hydrogen (secondary N) is 1. The second-order valence-electron chi connectivity index (χ2n) is 4.36. The Bertz CT molecular complexity index is 677. The summed E-state index contributed by atoms with van der Waals surface area (Å²) in [6.45, 7) is 3.79. The summed E-state index contributed by atoms with van der Waals surface area (Å²) in [4.78, 5) is 20.1. The molecular weight excluding hydrogens is 304 g/mol. The minimum atomic E-state index is -0.0830. The number of rotatable bonds is 5. The number of amides is 1. The highest BCUT2D eigenvalue weighted by Gasteiger charge is 2.10. The first-order valence-corrected chi connectivity index (χ1v) is 8.17. The third-order valence-electron chi connectivity index (χ3n) is 2.67. The minimum absolute atomic E-state index is 0.0830. The van der Waals surface area contributed by atoms with Crippen LogP contribution >= 0.6 is 23.1 Å². The van der Waals surface area contributed by atoms with Crippen LogP contribution in [0.15, 0.2) is 22.7 Å². The predicted molar refractivity (Wildman–Crippen MR) is 84.5 cm³/mol. The van der Waals surface area contributed by atoms with Gasteiger partial charge in [0, 0.05) is 29.4 Å². The van der Waals surface area contributed by atoms with Gasteiger partial charge in [-0.1, -0.05) is 0 Å². The second kappa shape index (κ2) is 7.20. The van der Waals surface area contributed by atoms with Crippen molar-refractivity contribution in [1.82, 2.24) is 9.97 Å². The Hall–Kier alpha value is -1.91. The molecule has 0 saturated heterocycles. The van der Waals surface area contributed by atoms with Gasteiger partial charge in [-0.2, -0.15) is 5.26 Å². The van der Waals surface area contributed by atoms with Crippen molar-refractivity contribution in [3.05, 3.63) is 34.5 Å². The van der Waals surface area contributed by atoms with E-state index in [1.54, 1.807) is 6.20 Å². The van der Waals surface area contributed by atoms with Crippen molar-refractivity contribution in [1.29, 1.82) is 5.26 Å². The zero-order valence-electron chi connectivity index (χ0n) is 11.7. The van der Waals surface area contributed by atoms with E-state index in [1.165, 1.54) is 23.1 Å². The maximum absolute atomic E-state index is 11.7. The maximum atomic E-state index is 11.7. The molecule has 1 N–H and O–H groups in total. The Balaban J connectivity index is 1.92. The van der Waals surface area contributed by atoms with Crippen LogP contribution in [-0.2, 0) is 4.79 Å². The number of thiazole rings is 1. The van der Waals surface area contributed by atoms with Crippen LogP contribution in [0.4, 0.5) is 5.13 Å². The molecule has 0 aliphatic carbocycles. The van der Waals surface area contributed by atoms with Crippen LogP contribution in [0.25, 0.3) is 0 Å². The fourth-order valence-electron chi connectivity index (χ4n) is 1.75. The quantitative estimate of drug-likeness (QED) is 0.857. The lowest BCUT2D eigenvalue weighted by atomic mass is 10.1. The molecule has 2 aromatic heterocycles. The molecule has 0 bridgehead atoms. The third kappa shape index (κ3) is 4.28. The molecule has 0 atom stereocenters. The first-order valence-electron chi connectivity index (χ1n) is 6.30. The normalized spacial score (nSPS) is 10.1. The highest BCUT2D eigenvalue weighted by atomic mass is 32.2. The molecule has 7 heteroatoms. The van der Waals surface area contributed by atoms with Gasteiger partial charge in [-0.15, -0.1) is 23.1 Å². The molecule has 2 aromatic rings. The van der Waals surface area contributed by atoms with Crippen LogP contribution < -0.4 is 5.32 Å². The molecular formula is C14H14N4OS2. The number of nitriles is 1. The van der Waals surface area contributed by atoms with Crippen LogP contribution in [0.1, 0.15) is 23.2 Å². The topological polar surface area (TPSA) is 78.7 Å². The SMILES string of the molecule is Cc1cc(C)c(C#N)c(SCCC(=O)Nc2nccs2)n1. The van der Waals surface area contributed by atoms with E-state index in [2.05, 4.69) is 21.4 Å². The molecule has 0 aromatic carbocycles. The van der Waals surface area contributed by atoms with Crippen molar-refractivity contribution in [2.45, 2.75) is 25.3 Å². The van der Waals surface area contributed by atoms with E-state index in [9.17, 15) is 10.1 Å². The molecule has 0 fully saturated rings. The van der Waals surface area contributed by atoms with E-state index in [4.69, 9.17) is 0 Å². The van der Waals surface area contributed by atoms with Gasteiger partial charge in [-0.25, -0.2) is 9.97 Å². The van der Waals surface area contributed by atoms with Crippen molar-refractivity contribution in [2.24, 2.45) is 0 Å². The van der Waals surface area contributed by atoms with Gasteiger partial charge < -0.3 is 5.32 Å². The van der Waals surface area contributed by atoms with Gasteiger partial charge in [0.15, 0.2) is 5.13 Å². The van der Waals surface area contributed by atoms with E-state index in [-0.39, 0.29) is 5.91 Å². The first-order chi connectivity index (χ1) is 10.1. The van der Waals surface area contributed by atoms with Crippen molar-refractivity contribution in [3.63, 3.8) is 0 Å². The van der Waals surface area contributed by atoms with Gasteiger partial charge in [0.1, 0.15) is 11.1 Å². The van der Waals surface area contributed by atoms with E-state index in [0.717, 1.165) is 11.3 Å². The summed E-state index contributed by atoms with van der Waals surface area (Å²) in [7, 11) is 0. The second-order valence-corrected chi connectivity index (χ2v) is 6.33. The molecule has 0 saturated carbocycles. The summed E-state index contributed by atoms with van der Waals surface area (Å²) in [5.41, 5.74) is 2.38. The van der Waals surface area contributed by atoms with Crippen molar-refractivity contribution in [2.75, 3.05) is 11.1 Å². The average Bonchev–Trinajstić information content (AvgIpc) is 2.91. The standard InChI is InChI=1S/C14H14N4OS2/c1-9-7-10(2)17-13(11(9)8-15)20-5-3-12(19)18-14-16-4-6-21-14/h4,6-7H,3,5H2,1-2H3,(H,16,18,19). The van der Waals surface area contributed by atoms with Gasteiger partial charge in [0.2, 0.25) is 5.91 Å². The zero-order chi connectivity index (χ0) is 15.2. The smallest absolute Gasteiger partial charge is 0.226 e. The molecule has 21 heavy (non-hydrogen) atoms. The Morgan fingerprint density at radius 3 is 3.00 bits per heavy atom. The van der Waals surface area contributed by atoms with Crippen LogP contribution in [0.2, 0.25) is 0 Å². The largest absolute Gasteiger partial charge is 0.302 e. The monoisotopic (exact) mass is 318 g/mol. The third-order valence-corrected chi connectivity index (χ3v) is 4.34. The van der Waals surface area contributed by atoms with Crippen LogP contribution in [0, 0.1) is 25.2 Å². The summed E-state index contributed by atoms with van der Waals surface area (Å²) in [5, 5.41) is 15.0. The van der Waals surface area contributed by atoms with E-state index < -0.39 is 0 Å². The van der Waals surface area contributed by atoms with Gasteiger partial charge in [0.25, 0.3) is 0 Å². The molecule has 0 unspecified atom stereocenters. The van der Waals surface area contributed by atoms with Crippen molar-refractivity contribution < 1.29 is 4.79 Å². The van der Waals surface area contributed by atoms with Crippen LogP contribution in [0.5, 0.6) is 0 Å². The lowest BCUT2D eigenvalue weighted by Gasteiger charge is -2.07. The van der Waals surface area contributed by atoms with E-state index >= 15 is 0 Å². The predicted octanol–water partition coefficient (Wildman–Crippen LogP) is 3.15. The molecule has 1 amide bonds. The Morgan fingerprint density at radius 1 is 1.52 bits per heavy atom. The van der Waals surface area contributed by atoms with Gasteiger partial charge >= 0.3 is 0 Å². The summed E-state index contributed by atoms with van der Waals surface area (Å²) in [6, 6.07) is 4.06. The summed E-state index contributed by atoms with van der Waals surface area (Å²) in [6.07, 6.45) is 2.00. The van der Waals surface area contributed by atoms with Crippen molar-refractivity contribution >= 4 is 34.1 Å². The Kier molecular flexibility index (Phi) is 5.31. The molecule has 0 radical (unpaired) electrons. The van der Waals surface area contributed by atoms with Gasteiger partial charge in [-0.3, -0.25) is 4.79 Å². The highest BCUT2D eigenvalue weighted by molar-refractivity contribution is 7.99. The number of pyridine rings is 1. The number of carbonyl (C=O) groups excluding carboxylic acids is 1. The number of hydrogen-bond donors (Lipinski definition) is 1. The van der Waals surface area contributed by atoms with Crippen LogP contribution in [0.3, 0.4) is 0 Å². The van der Waals surface area contributed by atoms with Crippen molar-refractivity contribution in [3.8, 4) is 6.07 Å². The maximum Gasteiger partial charge on any atom is 0.226 e. The summed E-state index contributed by atoms with van der Waals surface area (Å²) < 4.78 is 0. The Morgan fingerprint density at radius 2 is 2.33 bits per heavy atom. The number of hydrogen-bond acceptors (Lipinski definition) is 6. The molecule has 2 rings (SSSR count). The highest BCUT2D eigenvalue weighted by Crippen LogP contribution is 2.24. The van der Waals surface area contributed by atoms with Crippen LogP contribution in [-0.4, -0.2) is 21.6 Å². The fraction of sp³-hybridized carbons (Fsp3) is 0.286. The summed E-state index contributed by atoms with van der Waals surface area (Å²) in [5.74, 6) is 0.488. The summed E-state index contributed by atoms with van der Waals surface area (Å²) >= 11 is 2.82. The minimum Gasteiger partial charge on any atom is -0.302 e. The van der Waals surface area contributed by atoms with E-state index in [1.807, 2.05) is 25.3 Å². The number of aryl methyl sites for hydroxylation is 2. The average molecular weight is 318 g/mol. The molecule has 0 spiro atoms. The molecule has 5 nitrogen and oxygen atoms in total. The lowest BCUT2D eigenvalue weighted by molar-refractivity contribution is -0.115. The number of aromatic nitrogens is 2. The fourth-order valence-corrected chi connectivity index (χ4v) is 3.34. The molecule has 2 heterocycles. The molecule has 0 aliphatic rings. The molecule has 0 aliphatic heterocycles. The number of thioether (sulfide) groups is 1. The lowest BCUT2D eigenvalue weighted by Crippen LogP contribution is -2.12. The number of nitrogens with zero attached hydrogens (tertiary/aromatic N) is 3. The Labute approximate surface area is 131 Å². The van der Waals surface area contributed by atoms with E-state index in [0.29, 0.717) is 27.9 Å². The molecule has 108 valence electrons. The van der Waals surface area contributed by atoms with Gasteiger partial charge in [0.05, 0.1) is 5.56 Å². The number of carbonyl (C=O) groups is 1.